The topological polar surface area (TPSA) is 18.5 Å². The molecule has 0 spiro atoms. The van der Waals surface area contributed by atoms with Crippen molar-refractivity contribution in [3.63, 3.8) is 0 Å². The van der Waals surface area contributed by atoms with Crippen LogP contribution < -0.4 is 5.32 Å². The van der Waals surface area contributed by atoms with Gasteiger partial charge in [-0.05, 0) is 78.3 Å². The van der Waals surface area contributed by atoms with Crippen LogP contribution in [0.4, 0.5) is 0 Å². The van der Waals surface area contributed by atoms with Crippen molar-refractivity contribution >= 4 is 0 Å². The van der Waals surface area contributed by atoms with Crippen LogP contribution in [-0.2, 0) is 0 Å². The summed E-state index contributed by atoms with van der Waals surface area (Å²) in [6.45, 7) is 10.0. The molecular weight excluding hydrogens is 210 g/mol. The molecule has 0 amide bonds. The van der Waals surface area contributed by atoms with Gasteiger partial charge in [-0.25, -0.2) is 0 Å². The highest BCUT2D eigenvalue weighted by molar-refractivity contribution is 4.77. The van der Waals surface area contributed by atoms with E-state index in [1.807, 2.05) is 0 Å². The molecule has 0 aromatic carbocycles. The van der Waals surface area contributed by atoms with E-state index >= 15 is 0 Å². The maximum Gasteiger partial charge on any atom is 0.0194 e. The number of hydrogen-bond acceptors (Lipinski definition) is 3. The molecule has 0 aromatic heterocycles. The van der Waals surface area contributed by atoms with Crippen LogP contribution in [0.1, 0.15) is 32.6 Å². The van der Waals surface area contributed by atoms with Crippen LogP contribution in [0.5, 0.6) is 0 Å². The van der Waals surface area contributed by atoms with Crippen LogP contribution in [0.3, 0.4) is 0 Å². The molecule has 0 aromatic rings. The normalized spacial score (nSPS) is 30.4. The first-order chi connectivity index (χ1) is 8.25. The van der Waals surface area contributed by atoms with E-state index in [1.165, 1.54) is 65.0 Å². The molecule has 2 saturated heterocycles. The van der Waals surface area contributed by atoms with Crippen LogP contribution in [-0.4, -0.2) is 62.2 Å². The summed E-state index contributed by atoms with van der Waals surface area (Å²) in [6, 6.07) is 0.740. The van der Waals surface area contributed by atoms with Crippen molar-refractivity contribution < 1.29 is 0 Å². The summed E-state index contributed by atoms with van der Waals surface area (Å²) in [5.74, 6) is 0.976. The Hall–Kier alpha value is -0.120. The molecule has 1 atom stereocenters. The third-order valence-corrected chi connectivity index (χ3v) is 4.47. The molecule has 100 valence electrons. The van der Waals surface area contributed by atoms with Gasteiger partial charge in [0.15, 0.2) is 0 Å². The molecule has 17 heavy (non-hydrogen) atoms. The fraction of sp³-hybridized carbons (Fsp3) is 1.00. The van der Waals surface area contributed by atoms with E-state index < -0.39 is 0 Å². The molecule has 3 nitrogen and oxygen atoms in total. The first-order valence-corrected chi connectivity index (χ1v) is 7.39. The van der Waals surface area contributed by atoms with E-state index in [-0.39, 0.29) is 0 Å². The average Bonchev–Trinajstić information content (AvgIpc) is 2.49. The van der Waals surface area contributed by atoms with E-state index in [1.54, 1.807) is 0 Å². The second-order valence-corrected chi connectivity index (χ2v) is 5.98. The first-order valence-electron chi connectivity index (χ1n) is 7.39. The van der Waals surface area contributed by atoms with E-state index in [0.717, 1.165) is 12.0 Å². The van der Waals surface area contributed by atoms with Crippen LogP contribution in [0.2, 0.25) is 0 Å². The molecule has 3 heteroatoms. The predicted molar refractivity (Wildman–Crippen MR) is 73.4 cm³/mol. The lowest BCUT2D eigenvalue weighted by molar-refractivity contribution is 0.182. The van der Waals surface area contributed by atoms with Crippen molar-refractivity contribution in [3.8, 4) is 0 Å². The minimum Gasteiger partial charge on any atom is -0.317 e. The van der Waals surface area contributed by atoms with Crippen LogP contribution in [0.15, 0.2) is 0 Å². The number of rotatable bonds is 3. The number of hydrogen-bond donors (Lipinski definition) is 1. The zero-order chi connectivity index (χ0) is 12.1. The molecular formula is C14H29N3. The standard InChI is InChI=1S/C14H29N3/c1-13-12-16(2)9-3-10-17(13)11-6-14-4-7-15-8-5-14/h13-15H,3-12H2,1-2H3. The van der Waals surface area contributed by atoms with Crippen molar-refractivity contribution in [2.75, 3.05) is 46.3 Å². The Balaban J connectivity index is 1.73. The van der Waals surface area contributed by atoms with Crippen molar-refractivity contribution in [2.45, 2.75) is 38.6 Å². The molecule has 2 aliphatic heterocycles. The summed E-state index contributed by atoms with van der Waals surface area (Å²) in [5, 5.41) is 3.46. The van der Waals surface area contributed by atoms with E-state index in [4.69, 9.17) is 0 Å². The summed E-state index contributed by atoms with van der Waals surface area (Å²) in [5.41, 5.74) is 0. The zero-order valence-corrected chi connectivity index (χ0v) is 11.6. The van der Waals surface area contributed by atoms with E-state index in [0.29, 0.717) is 0 Å². The fourth-order valence-electron chi connectivity index (χ4n) is 3.27. The number of piperidine rings is 1. The van der Waals surface area contributed by atoms with Gasteiger partial charge in [0.1, 0.15) is 0 Å². The van der Waals surface area contributed by atoms with Gasteiger partial charge in [0.25, 0.3) is 0 Å². The number of likely N-dealkylation sites (N-methyl/N-ethyl adjacent to an activating group) is 1. The SMILES string of the molecule is CC1CN(C)CCCN1CCC1CCNCC1. The molecule has 2 aliphatic rings. The maximum atomic E-state index is 3.46. The third kappa shape index (κ3) is 4.23. The van der Waals surface area contributed by atoms with Gasteiger partial charge in [-0.2, -0.15) is 0 Å². The molecule has 2 heterocycles. The molecule has 2 fully saturated rings. The fourth-order valence-corrected chi connectivity index (χ4v) is 3.27. The summed E-state index contributed by atoms with van der Waals surface area (Å²) in [6.07, 6.45) is 5.53. The van der Waals surface area contributed by atoms with Crippen LogP contribution in [0.25, 0.3) is 0 Å². The van der Waals surface area contributed by atoms with Crippen molar-refractivity contribution in [2.24, 2.45) is 5.92 Å². The van der Waals surface area contributed by atoms with Gasteiger partial charge in [-0.1, -0.05) is 0 Å². The molecule has 0 aliphatic carbocycles. The Morgan fingerprint density at radius 3 is 2.71 bits per heavy atom. The Bertz CT molecular complexity index is 214. The molecule has 0 radical (unpaired) electrons. The Kier molecular flexibility index (Phi) is 5.26. The smallest absolute Gasteiger partial charge is 0.0194 e. The van der Waals surface area contributed by atoms with Crippen molar-refractivity contribution in [3.05, 3.63) is 0 Å². The van der Waals surface area contributed by atoms with Crippen LogP contribution >= 0.6 is 0 Å². The lowest BCUT2D eigenvalue weighted by Crippen LogP contribution is -2.39. The lowest BCUT2D eigenvalue weighted by atomic mass is 9.94. The minimum absolute atomic E-state index is 0.740. The maximum absolute atomic E-state index is 3.46. The van der Waals surface area contributed by atoms with E-state index in [2.05, 4.69) is 29.1 Å². The van der Waals surface area contributed by atoms with Gasteiger partial charge in [0.05, 0.1) is 0 Å². The Morgan fingerprint density at radius 2 is 1.94 bits per heavy atom. The summed E-state index contributed by atoms with van der Waals surface area (Å²) < 4.78 is 0. The van der Waals surface area contributed by atoms with Gasteiger partial charge in [-0.3, -0.25) is 4.90 Å². The quantitative estimate of drug-likeness (QED) is 0.803. The largest absolute Gasteiger partial charge is 0.317 e. The summed E-state index contributed by atoms with van der Waals surface area (Å²) >= 11 is 0. The number of nitrogens with one attached hydrogen (secondary N) is 1. The van der Waals surface area contributed by atoms with Crippen molar-refractivity contribution in [1.29, 1.82) is 0 Å². The molecule has 1 N–H and O–H groups in total. The highest BCUT2D eigenvalue weighted by Crippen LogP contribution is 2.18. The second-order valence-electron chi connectivity index (χ2n) is 5.98. The monoisotopic (exact) mass is 239 g/mol. The zero-order valence-electron chi connectivity index (χ0n) is 11.6. The predicted octanol–water partition coefficient (Wildman–Crippen LogP) is 1.40. The molecule has 0 bridgehead atoms. The van der Waals surface area contributed by atoms with Gasteiger partial charge in [-0.15, -0.1) is 0 Å². The van der Waals surface area contributed by atoms with Gasteiger partial charge in [0.2, 0.25) is 0 Å². The van der Waals surface area contributed by atoms with Gasteiger partial charge >= 0.3 is 0 Å². The minimum atomic E-state index is 0.740. The Morgan fingerprint density at radius 1 is 1.18 bits per heavy atom. The van der Waals surface area contributed by atoms with Crippen LogP contribution in [0, 0.1) is 5.92 Å². The molecule has 2 rings (SSSR count). The van der Waals surface area contributed by atoms with Crippen molar-refractivity contribution in [1.82, 2.24) is 15.1 Å². The van der Waals surface area contributed by atoms with E-state index in [9.17, 15) is 0 Å². The summed E-state index contributed by atoms with van der Waals surface area (Å²) in [7, 11) is 2.26. The summed E-state index contributed by atoms with van der Waals surface area (Å²) in [4.78, 5) is 5.20. The highest BCUT2D eigenvalue weighted by atomic mass is 15.2. The molecule has 1 unspecified atom stereocenters. The lowest BCUT2D eigenvalue weighted by Gasteiger charge is -2.30. The second kappa shape index (κ2) is 6.72. The highest BCUT2D eigenvalue weighted by Gasteiger charge is 2.21. The first kappa shape index (κ1) is 13.3. The van der Waals surface area contributed by atoms with Gasteiger partial charge in [0, 0.05) is 12.6 Å². The number of nitrogens with zero attached hydrogens (tertiary/aromatic N) is 2. The average molecular weight is 239 g/mol. The molecule has 0 saturated carbocycles. The third-order valence-electron chi connectivity index (χ3n) is 4.47. The Labute approximate surface area is 107 Å². The van der Waals surface area contributed by atoms with Gasteiger partial charge < -0.3 is 10.2 Å².